The van der Waals surface area contributed by atoms with Gasteiger partial charge in [0.25, 0.3) is 0 Å². The molecule has 118 valence electrons. The van der Waals surface area contributed by atoms with Gasteiger partial charge in [0.1, 0.15) is 5.75 Å². The molecule has 24 heavy (non-hydrogen) atoms. The number of phenols is 1. The van der Waals surface area contributed by atoms with Gasteiger partial charge in [-0.25, -0.2) is 0 Å². The Morgan fingerprint density at radius 1 is 1.00 bits per heavy atom. The quantitative estimate of drug-likeness (QED) is 0.440. The van der Waals surface area contributed by atoms with E-state index in [1.54, 1.807) is 6.21 Å². The normalized spacial score (nSPS) is 12.4. The molecule has 3 heteroatoms. The fourth-order valence-corrected chi connectivity index (χ4v) is 3.81. The topological polar surface area (TPSA) is 32.6 Å². The molecule has 0 amide bonds. The molecular formula is C21H16BrNO. The zero-order valence-electron chi connectivity index (χ0n) is 13.3. The van der Waals surface area contributed by atoms with Gasteiger partial charge in [-0.15, -0.1) is 0 Å². The Morgan fingerprint density at radius 2 is 1.79 bits per heavy atom. The highest BCUT2D eigenvalue weighted by molar-refractivity contribution is 9.10. The van der Waals surface area contributed by atoms with E-state index in [1.165, 1.54) is 22.3 Å². The van der Waals surface area contributed by atoms with Gasteiger partial charge in [0.05, 0.1) is 10.2 Å². The second kappa shape index (κ2) is 5.91. The van der Waals surface area contributed by atoms with E-state index in [-0.39, 0.29) is 5.75 Å². The van der Waals surface area contributed by atoms with Gasteiger partial charge in [-0.05, 0) is 81.4 Å². The minimum absolute atomic E-state index is 0.220. The summed E-state index contributed by atoms with van der Waals surface area (Å²) in [4.78, 5) is 4.55. The van der Waals surface area contributed by atoms with Crippen LogP contribution in [0.15, 0.2) is 64.1 Å². The van der Waals surface area contributed by atoms with Crippen molar-refractivity contribution in [1.82, 2.24) is 0 Å². The van der Waals surface area contributed by atoms with Crippen molar-refractivity contribution < 1.29 is 5.11 Å². The van der Waals surface area contributed by atoms with E-state index < -0.39 is 0 Å². The van der Waals surface area contributed by atoms with Crippen molar-refractivity contribution in [3.05, 3.63) is 81.3 Å². The van der Waals surface area contributed by atoms with Crippen molar-refractivity contribution in [1.29, 1.82) is 0 Å². The van der Waals surface area contributed by atoms with Crippen molar-refractivity contribution in [2.24, 2.45) is 4.99 Å². The van der Waals surface area contributed by atoms with E-state index in [1.807, 2.05) is 25.1 Å². The molecule has 2 nitrogen and oxygen atoms in total. The van der Waals surface area contributed by atoms with Gasteiger partial charge in [-0.2, -0.15) is 0 Å². The molecule has 0 aromatic heterocycles. The van der Waals surface area contributed by atoms with Gasteiger partial charge < -0.3 is 5.11 Å². The molecule has 0 bridgehead atoms. The van der Waals surface area contributed by atoms with E-state index in [4.69, 9.17) is 0 Å². The molecule has 1 N–H and O–H groups in total. The van der Waals surface area contributed by atoms with Crippen LogP contribution in [0.2, 0.25) is 0 Å². The summed E-state index contributed by atoms with van der Waals surface area (Å²) in [6.07, 6.45) is 2.67. The summed E-state index contributed by atoms with van der Waals surface area (Å²) in [6, 6.07) is 18.6. The molecule has 3 aromatic rings. The molecule has 0 spiro atoms. The van der Waals surface area contributed by atoms with Crippen LogP contribution in [0.1, 0.15) is 22.3 Å². The molecule has 1 aliphatic carbocycles. The molecule has 0 unspecified atom stereocenters. The third-order valence-electron chi connectivity index (χ3n) is 4.37. The lowest BCUT2D eigenvalue weighted by Gasteiger charge is -2.04. The number of nitrogens with zero attached hydrogens (tertiary/aromatic N) is 1. The van der Waals surface area contributed by atoms with Crippen LogP contribution in [0, 0.1) is 6.92 Å². The Balaban J connectivity index is 1.67. The highest BCUT2D eigenvalue weighted by Crippen LogP contribution is 2.38. The second-order valence-electron chi connectivity index (χ2n) is 6.12. The summed E-state index contributed by atoms with van der Waals surface area (Å²) in [6.45, 7) is 1.99. The van der Waals surface area contributed by atoms with Crippen molar-refractivity contribution >= 4 is 27.8 Å². The smallest absolute Gasteiger partial charge is 0.138 e. The van der Waals surface area contributed by atoms with Crippen LogP contribution in [-0.4, -0.2) is 11.3 Å². The Kier molecular flexibility index (Phi) is 3.73. The first-order valence-electron chi connectivity index (χ1n) is 7.86. The molecule has 0 heterocycles. The van der Waals surface area contributed by atoms with Crippen LogP contribution in [0.5, 0.6) is 5.75 Å². The molecule has 1 aliphatic rings. The predicted molar refractivity (Wildman–Crippen MR) is 102 cm³/mol. The van der Waals surface area contributed by atoms with Gasteiger partial charge in [0, 0.05) is 11.8 Å². The number of aliphatic imine (C=N–C) groups is 1. The summed E-state index contributed by atoms with van der Waals surface area (Å²) < 4.78 is 0.688. The van der Waals surface area contributed by atoms with Gasteiger partial charge in [0.15, 0.2) is 0 Å². The Morgan fingerprint density at radius 3 is 2.67 bits per heavy atom. The molecule has 0 aliphatic heterocycles. The summed E-state index contributed by atoms with van der Waals surface area (Å²) in [5, 5.41) is 10.1. The first-order chi connectivity index (χ1) is 11.6. The van der Waals surface area contributed by atoms with Crippen molar-refractivity contribution in [3.8, 4) is 16.9 Å². The van der Waals surface area contributed by atoms with Crippen molar-refractivity contribution in [3.63, 3.8) is 0 Å². The minimum atomic E-state index is 0.220. The zero-order chi connectivity index (χ0) is 16.7. The maximum Gasteiger partial charge on any atom is 0.138 e. The van der Waals surface area contributed by atoms with Crippen LogP contribution in [-0.2, 0) is 6.42 Å². The number of aromatic hydroxyl groups is 1. The average Bonchev–Trinajstić information content (AvgIpc) is 2.94. The SMILES string of the molecule is Cc1cc(Br)c(O)c(C=Nc2ccc3c(c2)Cc2ccccc2-3)c1. The lowest BCUT2D eigenvalue weighted by molar-refractivity contribution is 0.471. The fourth-order valence-electron chi connectivity index (χ4n) is 3.22. The average molecular weight is 378 g/mol. The largest absolute Gasteiger partial charge is 0.506 e. The molecule has 0 fully saturated rings. The highest BCUT2D eigenvalue weighted by Gasteiger charge is 2.17. The van der Waals surface area contributed by atoms with Crippen LogP contribution in [0.4, 0.5) is 5.69 Å². The molecule has 0 saturated carbocycles. The first-order valence-corrected chi connectivity index (χ1v) is 8.65. The first kappa shape index (κ1) is 15.2. The van der Waals surface area contributed by atoms with Gasteiger partial charge >= 0.3 is 0 Å². The number of hydrogen-bond donors (Lipinski definition) is 1. The number of phenolic OH excluding ortho intramolecular Hbond substituents is 1. The van der Waals surface area contributed by atoms with Crippen LogP contribution in [0.3, 0.4) is 0 Å². The lowest BCUT2D eigenvalue weighted by Crippen LogP contribution is -1.86. The third kappa shape index (κ3) is 2.65. The summed E-state index contributed by atoms with van der Waals surface area (Å²) in [5.41, 5.74) is 7.98. The van der Waals surface area contributed by atoms with E-state index in [2.05, 4.69) is 57.3 Å². The van der Waals surface area contributed by atoms with E-state index in [0.717, 1.165) is 17.7 Å². The maximum atomic E-state index is 10.1. The van der Waals surface area contributed by atoms with E-state index in [9.17, 15) is 5.11 Å². The number of benzene rings is 3. The van der Waals surface area contributed by atoms with Gasteiger partial charge in [-0.1, -0.05) is 30.3 Å². The number of aryl methyl sites for hydroxylation is 1. The highest BCUT2D eigenvalue weighted by atomic mass is 79.9. The number of hydrogen-bond acceptors (Lipinski definition) is 2. The van der Waals surface area contributed by atoms with Gasteiger partial charge in [-0.3, -0.25) is 4.99 Å². The second-order valence-corrected chi connectivity index (χ2v) is 6.97. The molecular weight excluding hydrogens is 362 g/mol. The van der Waals surface area contributed by atoms with Crippen LogP contribution >= 0.6 is 15.9 Å². The lowest BCUT2D eigenvalue weighted by atomic mass is 10.1. The van der Waals surface area contributed by atoms with E-state index in [0.29, 0.717) is 10.0 Å². The number of halogens is 1. The predicted octanol–water partition coefficient (Wildman–Crippen LogP) is 5.78. The molecule has 4 rings (SSSR count). The summed E-state index contributed by atoms with van der Waals surface area (Å²) in [7, 11) is 0. The molecule has 3 aromatic carbocycles. The summed E-state index contributed by atoms with van der Waals surface area (Å²) >= 11 is 3.37. The molecule has 0 atom stereocenters. The number of rotatable bonds is 2. The standard InChI is InChI=1S/C21H16BrNO/c1-13-8-16(21(24)20(22)9-13)12-23-17-6-7-19-15(11-17)10-14-4-2-3-5-18(14)19/h2-9,11-12,24H,10H2,1H3. The van der Waals surface area contributed by atoms with Crippen molar-refractivity contribution in [2.75, 3.05) is 0 Å². The molecule has 0 saturated heterocycles. The monoisotopic (exact) mass is 377 g/mol. The minimum Gasteiger partial charge on any atom is -0.506 e. The van der Waals surface area contributed by atoms with Crippen LogP contribution < -0.4 is 0 Å². The summed E-state index contributed by atoms with van der Waals surface area (Å²) in [5.74, 6) is 0.220. The maximum absolute atomic E-state index is 10.1. The third-order valence-corrected chi connectivity index (χ3v) is 4.97. The Bertz CT molecular complexity index is 976. The zero-order valence-corrected chi connectivity index (χ0v) is 14.8. The Labute approximate surface area is 149 Å². The Hall–Kier alpha value is -2.39. The van der Waals surface area contributed by atoms with Crippen LogP contribution in [0.25, 0.3) is 11.1 Å². The molecule has 0 radical (unpaired) electrons. The fraction of sp³-hybridized carbons (Fsp3) is 0.0952. The number of fused-ring (bicyclic) bond motifs is 3. The van der Waals surface area contributed by atoms with Gasteiger partial charge in [0.2, 0.25) is 0 Å². The van der Waals surface area contributed by atoms with Crippen molar-refractivity contribution in [2.45, 2.75) is 13.3 Å². The van der Waals surface area contributed by atoms with E-state index >= 15 is 0 Å².